The average Bonchev–Trinajstić information content (AvgIpc) is 2.24. The maximum absolute atomic E-state index is 11.9. The molecule has 0 bridgehead atoms. The highest BCUT2D eigenvalue weighted by Gasteiger charge is 2.23. The molecule has 0 rings (SSSR count). The lowest BCUT2D eigenvalue weighted by molar-refractivity contribution is -0.104. The number of aldehydes is 1. The van der Waals surface area contributed by atoms with E-state index < -0.39 is 6.80 Å². The average molecular weight is 264 g/mol. The van der Waals surface area contributed by atoms with Gasteiger partial charge in [0.1, 0.15) is 6.29 Å². The van der Waals surface area contributed by atoms with Gasteiger partial charge >= 0.3 is 6.80 Å². The van der Waals surface area contributed by atoms with Crippen LogP contribution in [0, 0.1) is 0 Å². The van der Waals surface area contributed by atoms with Crippen LogP contribution in [0.5, 0.6) is 0 Å². The Balaban J connectivity index is 4.02. The molecular formula is C10H17O4PS. The second kappa shape index (κ2) is 9.85. The molecule has 0 atom stereocenters. The third-order valence-electron chi connectivity index (χ3n) is 1.34. The minimum atomic E-state index is -3.00. The van der Waals surface area contributed by atoms with E-state index >= 15 is 0 Å². The van der Waals surface area contributed by atoms with Crippen molar-refractivity contribution in [2.75, 3.05) is 19.0 Å². The van der Waals surface area contributed by atoms with Crippen molar-refractivity contribution in [1.82, 2.24) is 0 Å². The van der Waals surface area contributed by atoms with Gasteiger partial charge in [-0.1, -0.05) is 18.2 Å². The first-order valence-electron chi connectivity index (χ1n) is 4.99. The fourth-order valence-electron chi connectivity index (χ4n) is 0.806. The molecule has 0 aliphatic carbocycles. The van der Waals surface area contributed by atoms with E-state index in [9.17, 15) is 9.36 Å². The predicted molar refractivity (Wildman–Crippen MR) is 67.7 cm³/mol. The summed E-state index contributed by atoms with van der Waals surface area (Å²) in [5.41, 5.74) is 0. The van der Waals surface area contributed by atoms with Crippen molar-refractivity contribution < 1.29 is 18.4 Å². The van der Waals surface area contributed by atoms with Gasteiger partial charge in [0.05, 0.1) is 13.2 Å². The first-order chi connectivity index (χ1) is 7.68. The molecule has 0 aliphatic heterocycles. The molecule has 0 aromatic carbocycles. The van der Waals surface area contributed by atoms with Crippen LogP contribution in [0.25, 0.3) is 0 Å². The number of hydrogen-bond donors (Lipinski definition) is 0. The molecule has 4 nitrogen and oxygen atoms in total. The van der Waals surface area contributed by atoms with Crippen LogP contribution >= 0.6 is 18.2 Å². The molecule has 0 radical (unpaired) electrons. The van der Waals surface area contributed by atoms with Crippen LogP contribution in [-0.4, -0.2) is 25.3 Å². The van der Waals surface area contributed by atoms with Crippen LogP contribution in [0.1, 0.15) is 13.8 Å². The highest BCUT2D eigenvalue weighted by Crippen LogP contribution is 2.60. The Morgan fingerprint density at radius 3 is 2.25 bits per heavy atom. The molecule has 0 heterocycles. The van der Waals surface area contributed by atoms with Crippen LogP contribution < -0.4 is 0 Å². The third-order valence-corrected chi connectivity index (χ3v) is 5.18. The smallest absolute Gasteiger partial charge is 0.301 e. The summed E-state index contributed by atoms with van der Waals surface area (Å²) in [6.07, 6.45) is 7.19. The molecule has 0 unspecified atom stereocenters. The van der Waals surface area contributed by atoms with Gasteiger partial charge in [0.2, 0.25) is 0 Å². The van der Waals surface area contributed by atoms with Crippen LogP contribution in [0.3, 0.4) is 0 Å². The van der Waals surface area contributed by atoms with Crippen molar-refractivity contribution in [3.8, 4) is 0 Å². The van der Waals surface area contributed by atoms with Crippen LogP contribution in [0.15, 0.2) is 24.3 Å². The summed E-state index contributed by atoms with van der Waals surface area (Å²) in [6, 6.07) is 0. The highest BCUT2D eigenvalue weighted by atomic mass is 32.7. The lowest BCUT2D eigenvalue weighted by Crippen LogP contribution is -1.92. The number of carbonyl (C=O) groups is 1. The van der Waals surface area contributed by atoms with Gasteiger partial charge in [-0.3, -0.25) is 4.79 Å². The van der Waals surface area contributed by atoms with Gasteiger partial charge in [-0.2, -0.15) is 0 Å². The molecule has 0 aromatic heterocycles. The minimum absolute atomic E-state index is 0.360. The minimum Gasteiger partial charge on any atom is -0.301 e. The van der Waals surface area contributed by atoms with Gasteiger partial charge in [0.25, 0.3) is 0 Å². The van der Waals surface area contributed by atoms with Crippen molar-refractivity contribution >= 4 is 24.5 Å². The first-order valence-corrected chi connectivity index (χ1v) is 8.12. The summed E-state index contributed by atoms with van der Waals surface area (Å²) >= 11 is 1.13. The van der Waals surface area contributed by atoms with Crippen LogP contribution in [0.2, 0.25) is 0 Å². The van der Waals surface area contributed by atoms with E-state index in [0.717, 1.165) is 11.4 Å². The lowest BCUT2D eigenvalue weighted by atomic mass is 10.5. The Kier molecular flexibility index (Phi) is 9.63. The lowest BCUT2D eigenvalue weighted by Gasteiger charge is -2.14. The summed E-state index contributed by atoms with van der Waals surface area (Å²) in [7, 11) is 0. The number of carbonyl (C=O) groups excluding carboxylic acids is 1. The van der Waals surface area contributed by atoms with E-state index in [2.05, 4.69) is 0 Å². The van der Waals surface area contributed by atoms with Crippen molar-refractivity contribution in [2.45, 2.75) is 13.8 Å². The van der Waals surface area contributed by atoms with Crippen molar-refractivity contribution in [2.24, 2.45) is 0 Å². The van der Waals surface area contributed by atoms with Gasteiger partial charge < -0.3 is 9.05 Å². The normalized spacial score (nSPS) is 12.6. The molecule has 16 heavy (non-hydrogen) atoms. The zero-order chi connectivity index (χ0) is 12.3. The predicted octanol–water partition coefficient (Wildman–Crippen LogP) is 3.21. The van der Waals surface area contributed by atoms with Crippen molar-refractivity contribution in [1.29, 1.82) is 0 Å². The quantitative estimate of drug-likeness (QED) is 0.277. The summed E-state index contributed by atoms with van der Waals surface area (Å²) < 4.78 is 22.1. The van der Waals surface area contributed by atoms with Crippen molar-refractivity contribution in [3.05, 3.63) is 24.3 Å². The van der Waals surface area contributed by atoms with Gasteiger partial charge in [-0.15, -0.1) is 0 Å². The fourth-order valence-corrected chi connectivity index (χ4v) is 3.93. The fraction of sp³-hybridized carbons (Fsp3) is 0.500. The molecule has 0 amide bonds. The van der Waals surface area contributed by atoms with Crippen LogP contribution in [-0.2, 0) is 18.4 Å². The zero-order valence-corrected chi connectivity index (χ0v) is 11.2. The second-order valence-corrected chi connectivity index (χ2v) is 6.65. The summed E-state index contributed by atoms with van der Waals surface area (Å²) in [4.78, 5) is 9.96. The summed E-state index contributed by atoms with van der Waals surface area (Å²) in [5.74, 6) is 0.514. The second-order valence-electron chi connectivity index (χ2n) is 2.53. The van der Waals surface area contributed by atoms with E-state index in [1.165, 1.54) is 6.08 Å². The van der Waals surface area contributed by atoms with Gasteiger partial charge in [0.15, 0.2) is 0 Å². The Morgan fingerprint density at radius 1 is 1.12 bits per heavy atom. The molecule has 92 valence electrons. The SMILES string of the molecule is CCOP(=O)(OCC)SC/C=C/C=C/C=O. The Labute approximate surface area is 100 Å². The van der Waals surface area contributed by atoms with E-state index in [-0.39, 0.29) is 0 Å². The number of allylic oxidation sites excluding steroid dienone is 3. The maximum atomic E-state index is 11.9. The summed E-state index contributed by atoms with van der Waals surface area (Å²) in [6.45, 7) is 1.26. The zero-order valence-electron chi connectivity index (χ0n) is 9.50. The molecule has 6 heteroatoms. The van der Waals surface area contributed by atoms with E-state index in [0.29, 0.717) is 25.3 Å². The topological polar surface area (TPSA) is 52.6 Å². The van der Waals surface area contributed by atoms with Crippen molar-refractivity contribution in [3.63, 3.8) is 0 Å². The molecule has 0 saturated carbocycles. The van der Waals surface area contributed by atoms with Gasteiger partial charge in [-0.25, -0.2) is 4.57 Å². The largest absolute Gasteiger partial charge is 0.389 e. The molecular weight excluding hydrogens is 247 g/mol. The third kappa shape index (κ3) is 7.88. The molecule has 0 fully saturated rings. The van der Waals surface area contributed by atoms with E-state index in [1.54, 1.807) is 32.1 Å². The van der Waals surface area contributed by atoms with E-state index in [4.69, 9.17) is 9.05 Å². The van der Waals surface area contributed by atoms with Crippen LogP contribution in [0.4, 0.5) is 0 Å². The Bertz CT molecular complexity index is 279. The first kappa shape index (κ1) is 15.7. The monoisotopic (exact) mass is 264 g/mol. The Hall–Kier alpha value is -0.350. The summed E-state index contributed by atoms with van der Waals surface area (Å²) in [5, 5.41) is 0. The Morgan fingerprint density at radius 2 is 1.75 bits per heavy atom. The molecule has 0 saturated heterocycles. The molecule has 0 N–H and O–H groups in total. The standard InChI is InChI=1S/C10H17O4PS/c1-3-13-15(12,14-4-2)16-10-8-6-5-7-9-11/h5-9H,3-4,10H2,1-2H3/b7-5+,8-6+. The highest BCUT2D eigenvalue weighted by molar-refractivity contribution is 8.55. The number of rotatable bonds is 9. The molecule has 0 aromatic rings. The number of hydrogen-bond acceptors (Lipinski definition) is 5. The molecule has 0 spiro atoms. The van der Waals surface area contributed by atoms with E-state index in [1.807, 2.05) is 0 Å². The maximum Gasteiger partial charge on any atom is 0.389 e. The van der Waals surface area contributed by atoms with Gasteiger partial charge in [-0.05, 0) is 31.3 Å². The molecule has 0 aliphatic rings. The van der Waals surface area contributed by atoms with Gasteiger partial charge in [0, 0.05) is 5.75 Å².